The van der Waals surface area contributed by atoms with Gasteiger partial charge in [-0.1, -0.05) is 38.1 Å². The Kier molecular flexibility index (Phi) is 3.25. The predicted octanol–water partition coefficient (Wildman–Crippen LogP) is 2.55. The maximum Gasteiger partial charge on any atom is 0.276 e. The molecule has 0 spiro atoms. The third kappa shape index (κ3) is 2.54. The first kappa shape index (κ1) is 13.4. The molecular formula is C16H18N4O. The van der Waals surface area contributed by atoms with E-state index in [2.05, 4.69) is 53.1 Å². The Hall–Kier alpha value is -2.56. The monoisotopic (exact) mass is 282 g/mol. The molecule has 0 atom stereocenters. The van der Waals surface area contributed by atoms with E-state index in [1.807, 2.05) is 6.20 Å². The molecule has 0 aliphatic rings. The summed E-state index contributed by atoms with van der Waals surface area (Å²) in [5, 5.41) is 0. The first-order valence-electron chi connectivity index (χ1n) is 6.99. The summed E-state index contributed by atoms with van der Waals surface area (Å²) < 4.78 is 0. The molecule has 0 bridgehead atoms. The number of nitrogens with two attached hydrogens (primary N) is 1. The van der Waals surface area contributed by atoms with Gasteiger partial charge in [0.05, 0.1) is 0 Å². The van der Waals surface area contributed by atoms with Crippen LogP contribution in [0.3, 0.4) is 0 Å². The van der Waals surface area contributed by atoms with Crippen LogP contribution in [0.4, 0.5) is 5.95 Å². The summed E-state index contributed by atoms with van der Waals surface area (Å²) in [6.07, 6.45) is 2.54. The Bertz CT molecular complexity index is 828. The average Bonchev–Trinajstić information content (AvgIpc) is 2.83. The van der Waals surface area contributed by atoms with E-state index < -0.39 is 0 Å². The summed E-state index contributed by atoms with van der Waals surface area (Å²) in [7, 11) is 0. The number of H-pyrrole nitrogens is 2. The summed E-state index contributed by atoms with van der Waals surface area (Å²) >= 11 is 0. The topological polar surface area (TPSA) is 87.6 Å². The average molecular weight is 282 g/mol. The number of nitrogens with zero attached hydrogens (tertiary/aromatic N) is 1. The molecule has 5 nitrogen and oxygen atoms in total. The smallest absolute Gasteiger partial charge is 0.276 e. The molecule has 0 aliphatic carbocycles. The number of aromatic nitrogens is 3. The minimum absolute atomic E-state index is 0.142. The fourth-order valence-electron chi connectivity index (χ4n) is 2.46. The molecule has 0 saturated carbocycles. The van der Waals surface area contributed by atoms with Crippen molar-refractivity contribution in [2.75, 3.05) is 5.73 Å². The summed E-state index contributed by atoms with van der Waals surface area (Å²) in [6.45, 7) is 4.35. The van der Waals surface area contributed by atoms with Gasteiger partial charge in [0, 0.05) is 18.2 Å². The fraction of sp³-hybridized carbons (Fsp3) is 0.250. The Morgan fingerprint density at radius 1 is 1.24 bits per heavy atom. The van der Waals surface area contributed by atoms with Gasteiger partial charge in [0.1, 0.15) is 11.0 Å². The molecule has 0 radical (unpaired) electrons. The van der Waals surface area contributed by atoms with Crippen molar-refractivity contribution in [3.05, 3.63) is 57.5 Å². The molecular weight excluding hydrogens is 264 g/mol. The molecule has 2 heterocycles. The van der Waals surface area contributed by atoms with Crippen LogP contribution < -0.4 is 11.3 Å². The quantitative estimate of drug-likeness (QED) is 0.690. The molecule has 0 amide bonds. The maximum atomic E-state index is 11.8. The van der Waals surface area contributed by atoms with Crippen molar-refractivity contribution in [2.45, 2.75) is 26.2 Å². The number of hydrogen-bond donors (Lipinski definition) is 3. The van der Waals surface area contributed by atoms with E-state index in [9.17, 15) is 4.79 Å². The highest BCUT2D eigenvalue weighted by Gasteiger charge is 2.10. The molecule has 5 heteroatoms. The maximum absolute atomic E-state index is 11.8. The minimum Gasteiger partial charge on any atom is -0.369 e. The number of hydrogen-bond acceptors (Lipinski definition) is 3. The molecule has 3 rings (SSSR count). The van der Waals surface area contributed by atoms with Crippen molar-refractivity contribution in [1.29, 1.82) is 0 Å². The SMILES string of the molecule is CC(C)c1ccc(Cc2c[nH]c3c(=O)[nH]c(N)nc23)cc1. The zero-order valence-corrected chi connectivity index (χ0v) is 12.1. The van der Waals surface area contributed by atoms with Gasteiger partial charge in [-0.15, -0.1) is 0 Å². The molecule has 21 heavy (non-hydrogen) atoms. The number of nitrogens with one attached hydrogen (secondary N) is 2. The van der Waals surface area contributed by atoms with Gasteiger partial charge in [-0.3, -0.25) is 9.78 Å². The largest absolute Gasteiger partial charge is 0.369 e. The summed E-state index contributed by atoms with van der Waals surface area (Å²) in [5.41, 5.74) is 9.96. The van der Waals surface area contributed by atoms with Gasteiger partial charge in [-0.05, 0) is 17.0 Å². The second-order valence-corrected chi connectivity index (χ2v) is 5.56. The van der Waals surface area contributed by atoms with E-state index in [0.717, 1.165) is 5.56 Å². The number of benzene rings is 1. The van der Waals surface area contributed by atoms with E-state index in [1.54, 1.807) is 0 Å². The second kappa shape index (κ2) is 5.09. The molecule has 0 fully saturated rings. The second-order valence-electron chi connectivity index (χ2n) is 5.56. The first-order valence-corrected chi connectivity index (χ1v) is 6.99. The van der Waals surface area contributed by atoms with Crippen molar-refractivity contribution in [2.24, 2.45) is 0 Å². The third-order valence-corrected chi connectivity index (χ3v) is 3.67. The van der Waals surface area contributed by atoms with Crippen LogP contribution >= 0.6 is 0 Å². The number of aromatic amines is 2. The Morgan fingerprint density at radius 2 is 1.95 bits per heavy atom. The minimum atomic E-state index is -0.237. The van der Waals surface area contributed by atoms with E-state index in [-0.39, 0.29) is 11.5 Å². The van der Waals surface area contributed by atoms with Gasteiger partial charge in [0.25, 0.3) is 5.56 Å². The predicted molar refractivity (Wildman–Crippen MR) is 84.5 cm³/mol. The standard InChI is InChI=1S/C16H18N4O/c1-9(2)11-5-3-10(4-6-11)7-12-8-18-14-13(12)19-16(17)20-15(14)21/h3-6,8-9,18H,7H2,1-2H3,(H3,17,19,20,21). The van der Waals surface area contributed by atoms with Gasteiger partial charge in [-0.25, -0.2) is 4.98 Å². The van der Waals surface area contributed by atoms with Gasteiger partial charge < -0.3 is 10.7 Å². The van der Waals surface area contributed by atoms with Gasteiger partial charge in [0.2, 0.25) is 5.95 Å². The molecule has 1 aromatic carbocycles. The lowest BCUT2D eigenvalue weighted by Gasteiger charge is -2.06. The van der Waals surface area contributed by atoms with E-state index in [0.29, 0.717) is 23.4 Å². The number of anilines is 1. The zero-order chi connectivity index (χ0) is 15.0. The van der Waals surface area contributed by atoms with E-state index >= 15 is 0 Å². The molecule has 0 saturated heterocycles. The highest BCUT2D eigenvalue weighted by molar-refractivity contribution is 5.79. The fourth-order valence-corrected chi connectivity index (χ4v) is 2.46. The molecule has 4 N–H and O–H groups in total. The molecule has 3 aromatic rings. The Balaban J connectivity index is 1.96. The lowest BCUT2D eigenvalue weighted by molar-refractivity contribution is 0.865. The molecule has 2 aromatic heterocycles. The Morgan fingerprint density at radius 3 is 2.62 bits per heavy atom. The lowest BCUT2D eigenvalue weighted by Crippen LogP contribution is -2.11. The highest BCUT2D eigenvalue weighted by Crippen LogP contribution is 2.20. The van der Waals surface area contributed by atoms with Gasteiger partial charge in [0.15, 0.2) is 0 Å². The summed E-state index contributed by atoms with van der Waals surface area (Å²) in [4.78, 5) is 21.5. The Labute approximate surface area is 122 Å². The van der Waals surface area contributed by atoms with Crippen LogP contribution in [0.5, 0.6) is 0 Å². The van der Waals surface area contributed by atoms with Crippen molar-refractivity contribution in [3.8, 4) is 0 Å². The third-order valence-electron chi connectivity index (χ3n) is 3.67. The van der Waals surface area contributed by atoms with Gasteiger partial charge >= 0.3 is 0 Å². The molecule has 0 unspecified atom stereocenters. The van der Waals surface area contributed by atoms with E-state index in [4.69, 9.17) is 5.73 Å². The van der Waals surface area contributed by atoms with Crippen LogP contribution in [-0.2, 0) is 6.42 Å². The van der Waals surface area contributed by atoms with Crippen molar-refractivity contribution < 1.29 is 0 Å². The molecule has 108 valence electrons. The number of fused-ring (bicyclic) bond motifs is 1. The van der Waals surface area contributed by atoms with Crippen LogP contribution in [0.2, 0.25) is 0 Å². The van der Waals surface area contributed by atoms with Crippen molar-refractivity contribution in [1.82, 2.24) is 15.0 Å². The number of nitrogen functional groups attached to an aromatic ring is 1. The van der Waals surface area contributed by atoms with Crippen LogP contribution in [0, 0.1) is 0 Å². The van der Waals surface area contributed by atoms with Crippen molar-refractivity contribution in [3.63, 3.8) is 0 Å². The normalized spacial score (nSPS) is 11.4. The molecule has 0 aliphatic heterocycles. The summed E-state index contributed by atoms with van der Waals surface area (Å²) in [5.74, 6) is 0.663. The zero-order valence-electron chi connectivity index (χ0n) is 12.1. The number of rotatable bonds is 3. The van der Waals surface area contributed by atoms with Gasteiger partial charge in [-0.2, -0.15) is 0 Å². The van der Waals surface area contributed by atoms with Crippen LogP contribution in [0.1, 0.15) is 36.5 Å². The van der Waals surface area contributed by atoms with Crippen LogP contribution in [0.25, 0.3) is 11.0 Å². The summed E-state index contributed by atoms with van der Waals surface area (Å²) in [6, 6.07) is 8.52. The van der Waals surface area contributed by atoms with Crippen molar-refractivity contribution >= 4 is 17.0 Å². The highest BCUT2D eigenvalue weighted by atomic mass is 16.1. The van der Waals surface area contributed by atoms with Crippen LogP contribution in [-0.4, -0.2) is 15.0 Å². The van der Waals surface area contributed by atoms with E-state index in [1.165, 1.54) is 11.1 Å². The first-order chi connectivity index (χ1) is 10.0. The lowest BCUT2D eigenvalue weighted by atomic mass is 9.99. The van der Waals surface area contributed by atoms with Crippen LogP contribution in [0.15, 0.2) is 35.3 Å².